The summed E-state index contributed by atoms with van der Waals surface area (Å²) in [5.74, 6) is 1.44. The molecule has 0 aliphatic carbocycles. The third kappa shape index (κ3) is 9.09. The fraction of sp³-hybridized carbons (Fsp3) is 0.480. The van der Waals surface area contributed by atoms with Crippen molar-refractivity contribution in [3.8, 4) is 11.5 Å². The van der Waals surface area contributed by atoms with E-state index < -0.39 is 0 Å². The van der Waals surface area contributed by atoms with Crippen LogP contribution in [0.5, 0.6) is 11.5 Å². The number of amides is 1. The standard InChI is InChI=1S/C25H35NO5/c1-6-7-28-8-9-29-10-11-30-26-24(27)17-22-15-20(4)25(21(5)16-22)31-23-13-18(2)12-19(3)14-23/h12-16H,6-11,17H2,1-5H3,(H,26,27). The van der Waals surface area contributed by atoms with Gasteiger partial charge < -0.3 is 14.2 Å². The van der Waals surface area contributed by atoms with Crippen LogP contribution in [0.3, 0.4) is 0 Å². The Hall–Kier alpha value is -2.41. The highest BCUT2D eigenvalue weighted by molar-refractivity contribution is 5.77. The zero-order chi connectivity index (χ0) is 22.6. The molecule has 0 saturated carbocycles. The second-order valence-electron chi connectivity index (χ2n) is 7.76. The first kappa shape index (κ1) is 24.9. The van der Waals surface area contributed by atoms with Crippen molar-refractivity contribution in [2.45, 2.75) is 47.5 Å². The summed E-state index contributed by atoms with van der Waals surface area (Å²) in [6, 6.07) is 10.1. The lowest BCUT2D eigenvalue weighted by molar-refractivity contribution is -0.134. The molecular formula is C25H35NO5. The van der Waals surface area contributed by atoms with Crippen LogP contribution in [0.4, 0.5) is 0 Å². The molecule has 1 amide bonds. The molecule has 170 valence electrons. The number of hydrogen-bond donors (Lipinski definition) is 1. The molecule has 0 atom stereocenters. The Morgan fingerprint density at radius 2 is 1.39 bits per heavy atom. The van der Waals surface area contributed by atoms with E-state index in [1.165, 1.54) is 0 Å². The van der Waals surface area contributed by atoms with Gasteiger partial charge in [0.05, 0.1) is 32.8 Å². The maximum atomic E-state index is 12.2. The highest BCUT2D eigenvalue weighted by Crippen LogP contribution is 2.31. The van der Waals surface area contributed by atoms with Crippen molar-refractivity contribution < 1.29 is 23.8 Å². The summed E-state index contributed by atoms with van der Waals surface area (Å²) < 4.78 is 16.8. The minimum Gasteiger partial charge on any atom is -0.457 e. The summed E-state index contributed by atoms with van der Waals surface area (Å²) >= 11 is 0. The third-order valence-electron chi connectivity index (χ3n) is 4.54. The van der Waals surface area contributed by atoms with Gasteiger partial charge in [-0.05, 0) is 74.1 Å². The number of carbonyl (C=O) groups excluding carboxylic acids is 1. The van der Waals surface area contributed by atoms with Crippen LogP contribution in [-0.2, 0) is 25.5 Å². The number of nitrogens with one attached hydrogen (secondary N) is 1. The quantitative estimate of drug-likeness (QED) is 0.368. The van der Waals surface area contributed by atoms with Crippen molar-refractivity contribution in [1.29, 1.82) is 0 Å². The van der Waals surface area contributed by atoms with E-state index in [4.69, 9.17) is 19.0 Å². The monoisotopic (exact) mass is 429 g/mol. The van der Waals surface area contributed by atoms with Crippen LogP contribution in [0, 0.1) is 27.7 Å². The zero-order valence-electron chi connectivity index (χ0n) is 19.4. The van der Waals surface area contributed by atoms with Crippen molar-refractivity contribution in [2.24, 2.45) is 0 Å². The van der Waals surface area contributed by atoms with Gasteiger partial charge in [-0.25, -0.2) is 5.48 Å². The lowest BCUT2D eigenvalue weighted by atomic mass is 10.0. The molecule has 0 heterocycles. The van der Waals surface area contributed by atoms with Crippen LogP contribution in [0.25, 0.3) is 0 Å². The maximum Gasteiger partial charge on any atom is 0.247 e. The van der Waals surface area contributed by atoms with Crippen LogP contribution in [-0.4, -0.2) is 38.9 Å². The molecular weight excluding hydrogens is 394 g/mol. The molecule has 0 aliphatic heterocycles. The molecule has 1 N–H and O–H groups in total. The third-order valence-corrected chi connectivity index (χ3v) is 4.54. The van der Waals surface area contributed by atoms with E-state index in [1.807, 2.05) is 38.1 Å². The zero-order valence-corrected chi connectivity index (χ0v) is 19.4. The fourth-order valence-electron chi connectivity index (χ4n) is 3.33. The van der Waals surface area contributed by atoms with Crippen LogP contribution in [0.1, 0.15) is 41.2 Å². The van der Waals surface area contributed by atoms with Gasteiger partial charge in [-0.1, -0.05) is 25.1 Å². The lowest BCUT2D eigenvalue weighted by Crippen LogP contribution is -2.27. The molecule has 0 bridgehead atoms. The van der Waals surface area contributed by atoms with E-state index in [-0.39, 0.29) is 12.3 Å². The van der Waals surface area contributed by atoms with Gasteiger partial charge in [-0.2, -0.15) is 0 Å². The second-order valence-corrected chi connectivity index (χ2v) is 7.76. The Bertz CT molecular complexity index is 807. The first-order chi connectivity index (χ1) is 14.9. The van der Waals surface area contributed by atoms with Crippen LogP contribution in [0.15, 0.2) is 30.3 Å². The molecule has 0 aliphatic rings. The maximum absolute atomic E-state index is 12.2. The predicted molar refractivity (Wildman–Crippen MR) is 122 cm³/mol. The molecule has 6 heteroatoms. The highest BCUT2D eigenvalue weighted by atomic mass is 16.7. The molecule has 2 aromatic carbocycles. The Kier molecular flexibility index (Phi) is 10.5. The average Bonchev–Trinajstić information content (AvgIpc) is 2.69. The summed E-state index contributed by atoms with van der Waals surface area (Å²) in [7, 11) is 0. The van der Waals surface area contributed by atoms with E-state index in [0.29, 0.717) is 26.4 Å². The molecule has 6 nitrogen and oxygen atoms in total. The summed E-state index contributed by atoms with van der Waals surface area (Å²) in [5, 5.41) is 0. The van der Waals surface area contributed by atoms with Gasteiger partial charge in [-0.3, -0.25) is 9.63 Å². The number of aryl methyl sites for hydroxylation is 4. The minimum atomic E-state index is -0.201. The summed E-state index contributed by atoms with van der Waals surface area (Å²) in [5.41, 5.74) is 7.67. The normalized spacial score (nSPS) is 10.9. The molecule has 0 aromatic heterocycles. The minimum absolute atomic E-state index is 0.201. The number of rotatable bonds is 13. The van der Waals surface area contributed by atoms with Gasteiger partial charge in [0, 0.05) is 6.61 Å². The molecule has 0 unspecified atom stereocenters. The van der Waals surface area contributed by atoms with Gasteiger partial charge in [0.15, 0.2) is 0 Å². The number of benzene rings is 2. The van der Waals surface area contributed by atoms with E-state index >= 15 is 0 Å². The number of carbonyl (C=O) groups is 1. The van der Waals surface area contributed by atoms with Crippen LogP contribution in [0.2, 0.25) is 0 Å². The van der Waals surface area contributed by atoms with E-state index in [1.54, 1.807) is 0 Å². The molecule has 0 spiro atoms. The van der Waals surface area contributed by atoms with E-state index in [0.717, 1.165) is 52.3 Å². The summed E-state index contributed by atoms with van der Waals surface area (Å²) in [4.78, 5) is 17.4. The second kappa shape index (κ2) is 13.1. The van der Waals surface area contributed by atoms with Gasteiger partial charge in [0.1, 0.15) is 11.5 Å². The Morgan fingerprint density at radius 1 is 0.806 bits per heavy atom. The smallest absolute Gasteiger partial charge is 0.247 e. The number of ether oxygens (including phenoxy) is 3. The van der Waals surface area contributed by atoms with Gasteiger partial charge in [0.25, 0.3) is 0 Å². The SMILES string of the molecule is CCCOCCOCCONC(=O)Cc1cc(C)c(Oc2cc(C)cc(C)c2)c(C)c1. The predicted octanol–water partition coefficient (Wildman–Crippen LogP) is 4.75. The molecule has 2 aromatic rings. The van der Waals surface area contributed by atoms with Gasteiger partial charge >= 0.3 is 0 Å². The molecule has 0 fully saturated rings. The summed E-state index contributed by atoms with van der Waals surface area (Å²) in [6.45, 7) is 12.7. The highest BCUT2D eigenvalue weighted by Gasteiger charge is 2.11. The largest absolute Gasteiger partial charge is 0.457 e. The van der Waals surface area contributed by atoms with Gasteiger partial charge in [0.2, 0.25) is 5.91 Å². The molecule has 2 rings (SSSR count). The van der Waals surface area contributed by atoms with E-state index in [2.05, 4.69) is 32.3 Å². The van der Waals surface area contributed by atoms with Crippen molar-refractivity contribution >= 4 is 5.91 Å². The topological polar surface area (TPSA) is 66.0 Å². The van der Waals surface area contributed by atoms with E-state index in [9.17, 15) is 4.79 Å². The molecule has 31 heavy (non-hydrogen) atoms. The number of hydroxylamine groups is 1. The molecule has 0 saturated heterocycles. The van der Waals surface area contributed by atoms with Crippen molar-refractivity contribution in [3.63, 3.8) is 0 Å². The first-order valence-corrected chi connectivity index (χ1v) is 10.8. The molecule has 0 radical (unpaired) electrons. The van der Waals surface area contributed by atoms with Crippen LogP contribution < -0.4 is 10.2 Å². The van der Waals surface area contributed by atoms with Crippen molar-refractivity contribution in [3.05, 3.63) is 58.1 Å². The summed E-state index contributed by atoms with van der Waals surface area (Å²) in [6.07, 6.45) is 1.23. The van der Waals surface area contributed by atoms with Crippen molar-refractivity contribution in [2.75, 3.05) is 33.0 Å². The Labute approximate surface area is 185 Å². The first-order valence-electron chi connectivity index (χ1n) is 10.8. The Morgan fingerprint density at radius 3 is 2.00 bits per heavy atom. The lowest BCUT2D eigenvalue weighted by Gasteiger charge is -2.15. The fourth-order valence-corrected chi connectivity index (χ4v) is 3.33. The van der Waals surface area contributed by atoms with Gasteiger partial charge in [-0.15, -0.1) is 0 Å². The average molecular weight is 430 g/mol. The number of hydrogen-bond acceptors (Lipinski definition) is 5. The van der Waals surface area contributed by atoms with Crippen LogP contribution >= 0.6 is 0 Å². The Balaban J connectivity index is 1.79. The van der Waals surface area contributed by atoms with Crippen molar-refractivity contribution in [1.82, 2.24) is 5.48 Å².